The molecule has 0 radical (unpaired) electrons. The highest BCUT2D eigenvalue weighted by molar-refractivity contribution is 7.93. The highest BCUT2D eigenvalue weighted by Crippen LogP contribution is 2.28. The molecule has 9 heteroatoms. The molecular formula is C23H22ClNO6S. The molecule has 0 N–H and O–H groups in total. The van der Waals surface area contributed by atoms with Crippen molar-refractivity contribution in [2.45, 2.75) is 17.9 Å². The second-order valence-corrected chi connectivity index (χ2v) is 8.92. The number of benzene rings is 3. The molecule has 1 atom stereocenters. The summed E-state index contributed by atoms with van der Waals surface area (Å²) in [7, 11) is -1.26. The maximum Gasteiger partial charge on any atom is 0.281 e. The van der Waals surface area contributed by atoms with E-state index in [9.17, 15) is 13.2 Å². The first-order valence-corrected chi connectivity index (χ1v) is 11.4. The number of carbonyl (C=O) groups excluding carboxylic acids is 1. The van der Waals surface area contributed by atoms with E-state index in [1.165, 1.54) is 57.5 Å². The van der Waals surface area contributed by atoms with E-state index in [4.69, 9.17) is 25.8 Å². The molecule has 0 saturated heterocycles. The van der Waals surface area contributed by atoms with Gasteiger partial charge < -0.3 is 14.2 Å². The summed E-state index contributed by atoms with van der Waals surface area (Å²) >= 11 is 5.90. The first-order valence-electron chi connectivity index (χ1n) is 9.56. The van der Waals surface area contributed by atoms with Gasteiger partial charge >= 0.3 is 0 Å². The SMILES string of the molecule is COc1ccc(N(C(=O)C(C)Oc2cccc(OC)c2)S(=O)(=O)c2ccc(Cl)cc2)cc1. The van der Waals surface area contributed by atoms with Crippen molar-refractivity contribution in [1.29, 1.82) is 0 Å². The van der Waals surface area contributed by atoms with Gasteiger partial charge in [0.1, 0.15) is 17.2 Å². The molecule has 3 rings (SSSR count). The van der Waals surface area contributed by atoms with E-state index >= 15 is 0 Å². The summed E-state index contributed by atoms with van der Waals surface area (Å²) in [4.78, 5) is 13.3. The fourth-order valence-corrected chi connectivity index (χ4v) is 4.51. The Labute approximate surface area is 192 Å². The maximum absolute atomic E-state index is 13.5. The van der Waals surface area contributed by atoms with Crippen molar-refractivity contribution in [3.8, 4) is 17.2 Å². The first-order chi connectivity index (χ1) is 15.3. The van der Waals surface area contributed by atoms with Crippen LogP contribution in [0.5, 0.6) is 17.2 Å². The molecule has 0 aliphatic carbocycles. The lowest BCUT2D eigenvalue weighted by Gasteiger charge is -2.26. The number of sulfonamides is 1. The van der Waals surface area contributed by atoms with Gasteiger partial charge in [-0.2, -0.15) is 4.31 Å². The fraction of sp³-hybridized carbons (Fsp3) is 0.174. The minimum absolute atomic E-state index is 0.0837. The van der Waals surface area contributed by atoms with Crippen molar-refractivity contribution in [3.05, 3.63) is 77.8 Å². The zero-order valence-electron chi connectivity index (χ0n) is 17.7. The molecule has 3 aromatic rings. The van der Waals surface area contributed by atoms with Gasteiger partial charge in [0.15, 0.2) is 6.10 Å². The monoisotopic (exact) mass is 475 g/mol. The van der Waals surface area contributed by atoms with Crippen LogP contribution in [0.4, 0.5) is 5.69 Å². The molecule has 0 heterocycles. The minimum atomic E-state index is -4.26. The van der Waals surface area contributed by atoms with Crippen LogP contribution in [0.25, 0.3) is 0 Å². The lowest BCUT2D eigenvalue weighted by atomic mass is 10.2. The smallest absolute Gasteiger partial charge is 0.281 e. The molecule has 0 aliphatic heterocycles. The quantitative estimate of drug-likeness (QED) is 0.475. The number of anilines is 1. The lowest BCUT2D eigenvalue weighted by molar-refractivity contribution is -0.123. The third-order valence-electron chi connectivity index (χ3n) is 4.56. The van der Waals surface area contributed by atoms with E-state index < -0.39 is 22.0 Å². The summed E-state index contributed by atoms with van der Waals surface area (Å²) in [6, 6.07) is 18.4. The van der Waals surface area contributed by atoms with Gasteiger partial charge in [-0.05, 0) is 67.6 Å². The second-order valence-electron chi connectivity index (χ2n) is 6.70. The lowest BCUT2D eigenvalue weighted by Crippen LogP contribution is -2.44. The van der Waals surface area contributed by atoms with E-state index in [-0.39, 0.29) is 10.6 Å². The van der Waals surface area contributed by atoms with Crippen LogP contribution < -0.4 is 18.5 Å². The van der Waals surface area contributed by atoms with Crippen LogP contribution in [-0.4, -0.2) is 34.6 Å². The molecule has 0 aliphatic rings. The zero-order chi connectivity index (χ0) is 23.3. The van der Waals surface area contributed by atoms with Crippen molar-refractivity contribution in [2.75, 3.05) is 18.5 Å². The molecule has 168 valence electrons. The van der Waals surface area contributed by atoms with Crippen LogP contribution in [0.15, 0.2) is 77.7 Å². The Hall–Kier alpha value is -3.23. The Balaban J connectivity index is 2.00. The molecule has 0 bridgehead atoms. The van der Waals surface area contributed by atoms with Gasteiger partial charge in [0.25, 0.3) is 15.9 Å². The fourth-order valence-electron chi connectivity index (χ4n) is 2.91. The Morgan fingerprint density at radius 1 is 0.875 bits per heavy atom. The molecule has 0 aromatic heterocycles. The number of halogens is 1. The highest BCUT2D eigenvalue weighted by atomic mass is 35.5. The van der Waals surface area contributed by atoms with Gasteiger partial charge in [0.05, 0.1) is 24.8 Å². The van der Waals surface area contributed by atoms with Crippen molar-refractivity contribution < 1.29 is 27.4 Å². The summed E-state index contributed by atoms with van der Waals surface area (Å²) in [6.07, 6.45) is -1.12. The van der Waals surface area contributed by atoms with Gasteiger partial charge in [0, 0.05) is 11.1 Å². The third kappa shape index (κ3) is 5.15. The number of rotatable bonds is 8. The topological polar surface area (TPSA) is 82.1 Å². The van der Waals surface area contributed by atoms with Gasteiger partial charge in [-0.1, -0.05) is 17.7 Å². The van der Waals surface area contributed by atoms with E-state index in [0.29, 0.717) is 22.3 Å². The largest absolute Gasteiger partial charge is 0.497 e. The molecule has 0 saturated carbocycles. The average Bonchev–Trinajstić information content (AvgIpc) is 2.79. The summed E-state index contributed by atoms with van der Waals surface area (Å²) < 4.78 is 43.7. The summed E-state index contributed by atoms with van der Waals surface area (Å²) in [6.45, 7) is 1.48. The van der Waals surface area contributed by atoms with Crippen LogP contribution in [0.3, 0.4) is 0 Å². The van der Waals surface area contributed by atoms with Crippen molar-refractivity contribution >= 4 is 33.2 Å². The minimum Gasteiger partial charge on any atom is -0.497 e. The van der Waals surface area contributed by atoms with Gasteiger partial charge in [-0.3, -0.25) is 4.79 Å². The maximum atomic E-state index is 13.5. The van der Waals surface area contributed by atoms with Crippen LogP contribution >= 0.6 is 11.6 Å². The number of hydrogen-bond donors (Lipinski definition) is 0. The van der Waals surface area contributed by atoms with E-state index in [1.54, 1.807) is 36.4 Å². The normalized spacial score (nSPS) is 12.0. The van der Waals surface area contributed by atoms with Crippen molar-refractivity contribution in [2.24, 2.45) is 0 Å². The third-order valence-corrected chi connectivity index (χ3v) is 6.55. The number of carbonyl (C=O) groups is 1. The Morgan fingerprint density at radius 2 is 1.47 bits per heavy atom. The van der Waals surface area contributed by atoms with Gasteiger partial charge in [-0.25, -0.2) is 8.42 Å². The standard InChI is InChI=1S/C23H22ClNO6S/c1-16(31-21-6-4-5-20(15-21)30-3)23(26)25(18-9-11-19(29-2)12-10-18)32(27,28)22-13-7-17(24)8-14-22/h4-16H,1-3H3. The molecule has 7 nitrogen and oxygen atoms in total. The Bertz CT molecular complexity index is 1180. The number of hydrogen-bond acceptors (Lipinski definition) is 6. The number of methoxy groups -OCH3 is 2. The highest BCUT2D eigenvalue weighted by Gasteiger charge is 2.35. The number of ether oxygens (including phenoxy) is 3. The zero-order valence-corrected chi connectivity index (χ0v) is 19.3. The van der Waals surface area contributed by atoms with Crippen LogP contribution in [0.1, 0.15) is 6.92 Å². The first kappa shape index (κ1) is 23.4. The van der Waals surface area contributed by atoms with Crippen LogP contribution in [0, 0.1) is 0 Å². The molecule has 0 spiro atoms. The molecule has 1 unspecified atom stereocenters. The van der Waals surface area contributed by atoms with E-state index in [0.717, 1.165) is 4.31 Å². The van der Waals surface area contributed by atoms with Gasteiger partial charge in [-0.15, -0.1) is 0 Å². The molecular weight excluding hydrogens is 454 g/mol. The molecule has 0 fully saturated rings. The molecule has 3 aromatic carbocycles. The second kappa shape index (κ2) is 9.93. The van der Waals surface area contributed by atoms with Crippen LogP contribution in [-0.2, 0) is 14.8 Å². The van der Waals surface area contributed by atoms with Crippen molar-refractivity contribution in [1.82, 2.24) is 0 Å². The Morgan fingerprint density at radius 3 is 2.06 bits per heavy atom. The average molecular weight is 476 g/mol. The van der Waals surface area contributed by atoms with E-state index in [1.807, 2.05) is 0 Å². The van der Waals surface area contributed by atoms with E-state index in [2.05, 4.69) is 0 Å². The number of nitrogens with zero attached hydrogens (tertiary/aromatic N) is 1. The van der Waals surface area contributed by atoms with Gasteiger partial charge in [0.2, 0.25) is 0 Å². The molecule has 32 heavy (non-hydrogen) atoms. The summed E-state index contributed by atoms with van der Waals surface area (Å²) in [5.41, 5.74) is 0.145. The predicted octanol–water partition coefficient (Wildman–Crippen LogP) is 4.55. The van der Waals surface area contributed by atoms with Crippen LogP contribution in [0.2, 0.25) is 5.02 Å². The van der Waals surface area contributed by atoms with Crippen molar-refractivity contribution in [3.63, 3.8) is 0 Å². The predicted molar refractivity (Wildman–Crippen MR) is 122 cm³/mol. The summed E-state index contributed by atoms with van der Waals surface area (Å²) in [5.74, 6) is 0.658. The number of amides is 1. The Kier molecular flexibility index (Phi) is 7.27. The summed E-state index contributed by atoms with van der Waals surface area (Å²) in [5, 5.41) is 0.376. The molecule has 1 amide bonds.